The van der Waals surface area contributed by atoms with Gasteiger partial charge in [-0.2, -0.15) is 26.3 Å². The van der Waals surface area contributed by atoms with Gasteiger partial charge in [0.25, 0.3) is 0 Å². The van der Waals surface area contributed by atoms with Crippen molar-refractivity contribution in [3.8, 4) is 0 Å². The van der Waals surface area contributed by atoms with Gasteiger partial charge in [-0.1, -0.05) is 6.07 Å². The van der Waals surface area contributed by atoms with E-state index >= 15 is 0 Å². The zero-order chi connectivity index (χ0) is 14.1. The van der Waals surface area contributed by atoms with Crippen molar-refractivity contribution in [1.82, 2.24) is 0 Å². The molecule has 19 heavy (non-hydrogen) atoms. The molecular weight excluding hydrogens is 298 g/mol. The van der Waals surface area contributed by atoms with Gasteiger partial charge in [-0.3, -0.25) is 0 Å². The fraction of sp³-hybridized carbons (Fsp3) is 0.400. The van der Waals surface area contributed by atoms with Gasteiger partial charge in [-0.15, -0.1) is 12.4 Å². The Morgan fingerprint density at radius 2 is 1.58 bits per heavy atom. The summed E-state index contributed by atoms with van der Waals surface area (Å²) in [5.41, 5.74) is 8.73. The van der Waals surface area contributed by atoms with Gasteiger partial charge in [0.1, 0.15) is 6.04 Å². The zero-order valence-electron chi connectivity index (χ0n) is 9.35. The SMILES string of the molecule is Cl.Nc1cc(C(F)(F)F)ccc1CC(N)C(F)(F)F. The van der Waals surface area contributed by atoms with Crippen molar-refractivity contribution in [1.29, 1.82) is 0 Å². The summed E-state index contributed by atoms with van der Waals surface area (Å²) in [6.07, 6.45) is -9.86. The third-order valence-electron chi connectivity index (χ3n) is 2.33. The molecule has 1 aromatic rings. The Balaban J connectivity index is 0.00000324. The van der Waals surface area contributed by atoms with Crippen LogP contribution in [0.5, 0.6) is 0 Å². The van der Waals surface area contributed by atoms with Crippen LogP contribution in [0.25, 0.3) is 0 Å². The molecule has 0 aromatic heterocycles. The van der Waals surface area contributed by atoms with E-state index < -0.39 is 30.4 Å². The molecule has 0 radical (unpaired) electrons. The molecular formula is C10H11ClF6N2. The first-order chi connectivity index (χ1) is 8.01. The molecule has 4 N–H and O–H groups in total. The van der Waals surface area contributed by atoms with Crippen LogP contribution in [-0.4, -0.2) is 12.2 Å². The normalized spacial score (nSPS) is 13.8. The van der Waals surface area contributed by atoms with Crippen molar-refractivity contribution in [3.63, 3.8) is 0 Å². The number of anilines is 1. The number of alkyl halides is 6. The Kier molecular flexibility index (Phi) is 5.52. The number of nitrogen functional groups attached to an aromatic ring is 1. The van der Waals surface area contributed by atoms with E-state index in [-0.39, 0.29) is 23.7 Å². The quantitative estimate of drug-likeness (QED) is 0.651. The third kappa shape index (κ3) is 4.79. The lowest BCUT2D eigenvalue weighted by atomic mass is 10.0. The molecule has 0 bridgehead atoms. The smallest absolute Gasteiger partial charge is 0.398 e. The van der Waals surface area contributed by atoms with Gasteiger partial charge in [0.05, 0.1) is 5.56 Å². The second-order valence-electron chi connectivity index (χ2n) is 3.76. The maximum Gasteiger partial charge on any atom is 0.416 e. The lowest BCUT2D eigenvalue weighted by Crippen LogP contribution is -2.39. The van der Waals surface area contributed by atoms with Crippen LogP contribution in [-0.2, 0) is 12.6 Å². The standard InChI is InChI=1S/C10H10F6N2.ClH/c11-9(12,13)6-2-1-5(7(17)4-6)3-8(18)10(14,15)16;/h1-2,4,8H,3,17-18H2;1H. The topological polar surface area (TPSA) is 52.0 Å². The average Bonchev–Trinajstić information content (AvgIpc) is 2.17. The lowest BCUT2D eigenvalue weighted by molar-refractivity contribution is -0.147. The van der Waals surface area contributed by atoms with Crippen LogP contribution >= 0.6 is 12.4 Å². The molecule has 0 aliphatic rings. The predicted octanol–water partition coefficient (Wildman–Crippen LogP) is 3.14. The van der Waals surface area contributed by atoms with Crippen LogP contribution in [0.15, 0.2) is 18.2 Å². The summed E-state index contributed by atoms with van der Waals surface area (Å²) in [5, 5.41) is 0. The molecule has 2 nitrogen and oxygen atoms in total. The lowest BCUT2D eigenvalue weighted by Gasteiger charge is -2.17. The molecule has 1 atom stereocenters. The molecule has 110 valence electrons. The van der Waals surface area contributed by atoms with Crippen LogP contribution in [0.4, 0.5) is 32.0 Å². The van der Waals surface area contributed by atoms with Gasteiger partial charge in [0.2, 0.25) is 0 Å². The Morgan fingerprint density at radius 1 is 1.05 bits per heavy atom. The minimum absolute atomic E-state index is 0. The summed E-state index contributed by atoms with van der Waals surface area (Å²) in [6, 6.07) is 0.0216. The van der Waals surface area contributed by atoms with E-state index in [1.807, 2.05) is 0 Å². The monoisotopic (exact) mass is 308 g/mol. The number of rotatable bonds is 2. The number of nitrogens with two attached hydrogens (primary N) is 2. The molecule has 9 heteroatoms. The highest BCUT2D eigenvalue weighted by Gasteiger charge is 2.37. The first-order valence-electron chi connectivity index (χ1n) is 4.79. The van der Waals surface area contributed by atoms with Gasteiger partial charge in [0, 0.05) is 5.69 Å². The summed E-state index contributed by atoms with van der Waals surface area (Å²) in [4.78, 5) is 0. The van der Waals surface area contributed by atoms with Gasteiger partial charge in [0.15, 0.2) is 0 Å². The number of benzene rings is 1. The molecule has 0 amide bonds. The zero-order valence-corrected chi connectivity index (χ0v) is 10.2. The van der Waals surface area contributed by atoms with E-state index in [1.165, 1.54) is 0 Å². The molecule has 0 fully saturated rings. The number of halogens is 7. The highest BCUT2D eigenvalue weighted by atomic mass is 35.5. The Morgan fingerprint density at radius 3 is 1.95 bits per heavy atom. The van der Waals surface area contributed by atoms with Crippen LogP contribution in [0.1, 0.15) is 11.1 Å². The van der Waals surface area contributed by atoms with Crippen molar-refractivity contribution in [3.05, 3.63) is 29.3 Å². The molecule has 1 aromatic carbocycles. The van der Waals surface area contributed by atoms with Crippen molar-refractivity contribution in [2.45, 2.75) is 24.8 Å². The van der Waals surface area contributed by atoms with Gasteiger partial charge < -0.3 is 11.5 Å². The van der Waals surface area contributed by atoms with E-state index in [0.29, 0.717) is 12.1 Å². The maximum absolute atomic E-state index is 12.3. The molecule has 0 saturated carbocycles. The summed E-state index contributed by atoms with van der Waals surface area (Å²) < 4.78 is 73.4. The summed E-state index contributed by atoms with van der Waals surface area (Å²) in [5.74, 6) is 0. The summed E-state index contributed by atoms with van der Waals surface area (Å²) in [6.45, 7) is 0. The van der Waals surface area contributed by atoms with E-state index in [0.717, 1.165) is 6.07 Å². The van der Waals surface area contributed by atoms with E-state index in [1.54, 1.807) is 0 Å². The first-order valence-corrected chi connectivity index (χ1v) is 4.79. The van der Waals surface area contributed by atoms with Crippen LogP contribution in [0.2, 0.25) is 0 Å². The van der Waals surface area contributed by atoms with Crippen LogP contribution in [0.3, 0.4) is 0 Å². The second-order valence-corrected chi connectivity index (χ2v) is 3.76. The predicted molar refractivity (Wildman–Crippen MR) is 60.8 cm³/mol. The summed E-state index contributed by atoms with van der Waals surface area (Å²) >= 11 is 0. The molecule has 0 saturated heterocycles. The van der Waals surface area contributed by atoms with Crippen LogP contribution < -0.4 is 11.5 Å². The fourth-order valence-corrected chi connectivity index (χ4v) is 1.31. The Labute approximate surface area is 111 Å². The maximum atomic E-state index is 12.3. The molecule has 0 aliphatic carbocycles. The first kappa shape index (κ1) is 17.8. The molecule has 1 unspecified atom stereocenters. The van der Waals surface area contributed by atoms with E-state index in [2.05, 4.69) is 0 Å². The van der Waals surface area contributed by atoms with Crippen molar-refractivity contribution >= 4 is 18.1 Å². The minimum Gasteiger partial charge on any atom is -0.398 e. The highest BCUT2D eigenvalue weighted by Crippen LogP contribution is 2.32. The van der Waals surface area contributed by atoms with Crippen molar-refractivity contribution in [2.24, 2.45) is 5.73 Å². The van der Waals surface area contributed by atoms with E-state index in [9.17, 15) is 26.3 Å². The molecule has 0 heterocycles. The molecule has 0 spiro atoms. The second kappa shape index (κ2) is 5.87. The van der Waals surface area contributed by atoms with Gasteiger partial charge >= 0.3 is 12.4 Å². The van der Waals surface area contributed by atoms with Crippen molar-refractivity contribution in [2.75, 3.05) is 5.73 Å². The van der Waals surface area contributed by atoms with Crippen LogP contribution in [0, 0.1) is 0 Å². The van der Waals surface area contributed by atoms with Gasteiger partial charge in [-0.25, -0.2) is 0 Å². The minimum atomic E-state index is -4.62. The molecule has 1 rings (SSSR count). The largest absolute Gasteiger partial charge is 0.416 e. The van der Waals surface area contributed by atoms with Gasteiger partial charge in [-0.05, 0) is 24.1 Å². The highest BCUT2D eigenvalue weighted by molar-refractivity contribution is 5.85. The third-order valence-corrected chi connectivity index (χ3v) is 2.33. The fourth-order valence-electron chi connectivity index (χ4n) is 1.31. The summed E-state index contributed by atoms with van der Waals surface area (Å²) in [7, 11) is 0. The number of hydrogen-bond acceptors (Lipinski definition) is 2. The average molecular weight is 309 g/mol. The number of hydrogen-bond donors (Lipinski definition) is 2. The van der Waals surface area contributed by atoms with E-state index in [4.69, 9.17) is 11.5 Å². The molecule has 0 aliphatic heterocycles. The van der Waals surface area contributed by atoms with Crippen molar-refractivity contribution < 1.29 is 26.3 Å². The Hall–Kier alpha value is -1.15. The Bertz CT molecular complexity index is 429.